The highest BCUT2D eigenvalue weighted by Crippen LogP contribution is 2.36. The Morgan fingerprint density at radius 3 is 1.53 bits per heavy atom. The number of aliphatic hydroxyl groups is 1. The van der Waals surface area contributed by atoms with Crippen LogP contribution in [0.1, 0.15) is 188 Å². The normalized spacial score (nSPS) is 15.1. The van der Waals surface area contributed by atoms with Crippen LogP contribution in [0.3, 0.4) is 0 Å². The minimum atomic E-state index is -5.12. The van der Waals surface area contributed by atoms with Gasteiger partial charge < -0.3 is 86.3 Å². The van der Waals surface area contributed by atoms with Crippen molar-refractivity contribution in [1.82, 2.24) is 65.8 Å². The van der Waals surface area contributed by atoms with E-state index in [0.29, 0.717) is 17.9 Å². The molecule has 1 saturated heterocycles. The van der Waals surface area contributed by atoms with Crippen LogP contribution >= 0.6 is 11.6 Å². The van der Waals surface area contributed by atoms with Gasteiger partial charge >= 0.3 is 6.18 Å². The summed E-state index contributed by atoms with van der Waals surface area (Å²) in [5.41, 5.74) is -2.16. The third-order valence-electron chi connectivity index (χ3n) is 22.4. The van der Waals surface area contributed by atoms with Crippen molar-refractivity contribution in [3.63, 3.8) is 0 Å². The van der Waals surface area contributed by atoms with Gasteiger partial charge in [0.15, 0.2) is 6.61 Å². The van der Waals surface area contributed by atoms with Gasteiger partial charge in [0, 0.05) is 104 Å². The number of rotatable bonds is 49. The third-order valence-corrected chi connectivity index (χ3v) is 22.6. The molecule has 38 heteroatoms. The number of allylic oxidation sites excluding steroid dienone is 1. The van der Waals surface area contributed by atoms with Gasteiger partial charge in [-0.05, 0) is 155 Å². The first kappa shape index (κ1) is 112. The van der Waals surface area contributed by atoms with Gasteiger partial charge in [-0.1, -0.05) is 128 Å². The first-order chi connectivity index (χ1) is 59.6. The van der Waals surface area contributed by atoms with Crippen LogP contribution in [0.25, 0.3) is 0 Å². The highest BCUT2D eigenvalue weighted by Gasteiger charge is 2.45. The zero-order chi connectivity index (χ0) is 97.5. The molecule has 34 nitrogen and oxygen atoms in total. The van der Waals surface area contributed by atoms with Gasteiger partial charge in [-0.25, -0.2) is 5.84 Å². The predicted octanol–water partition coefficient (Wildman–Crippen LogP) is 7.23. The first-order valence-corrected chi connectivity index (χ1v) is 44.3. The summed E-state index contributed by atoms with van der Waals surface area (Å²) in [4.78, 5) is 218. The van der Waals surface area contributed by atoms with Gasteiger partial charge in [0.2, 0.25) is 76.8 Å². The van der Waals surface area contributed by atoms with E-state index in [-0.39, 0.29) is 147 Å². The van der Waals surface area contributed by atoms with Crippen molar-refractivity contribution in [3.8, 4) is 5.75 Å². The quantitative estimate of drug-likeness (QED) is 0.0179. The van der Waals surface area contributed by atoms with E-state index < -0.39 is 186 Å². The number of nitrogens with one attached hydrogen (secondary N) is 7. The average molecular weight is 1830 g/mol. The Balaban J connectivity index is 1.59. The smallest absolute Gasteiger partial charge is 0.433 e. The fourth-order valence-electron chi connectivity index (χ4n) is 14.9. The number of hydrogen-bond acceptors (Lipinski definition) is 19. The Morgan fingerprint density at radius 2 is 1.05 bits per heavy atom. The van der Waals surface area contributed by atoms with Gasteiger partial charge in [0.1, 0.15) is 65.8 Å². The fourth-order valence-corrected chi connectivity index (χ4v) is 15.1. The first-order valence-electron chi connectivity index (χ1n) is 44.0. The van der Waals surface area contributed by atoms with E-state index in [9.17, 15) is 90.2 Å². The number of amides is 15. The maximum Gasteiger partial charge on any atom is 0.433 e. The molecule has 1 heterocycles. The number of aliphatic hydroxyl groups excluding tert-OH is 1. The Kier molecular flexibility index (Phi) is 45.6. The zero-order valence-corrected chi connectivity index (χ0v) is 80.0. The minimum absolute atomic E-state index is 0.00689. The summed E-state index contributed by atoms with van der Waals surface area (Å²) in [7, 11) is 10.1. The molecule has 0 aromatic heterocycles. The second-order valence-corrected chi connectivity index (χ2v) is 36.0. The molecule has 718 valence electrons. The number of benzene rings is 2. The van der Waals surface area contributed by atoms with Gasteiger partial charge in [-0.3, -0.25) is 76.9 Å². The van der Waals surface area contributed by atoms with E-state index in [1.54, 1.807) is 39.5 Å². The number of hydrogen-bond donors (Lipinski definition) is 9. The monoisotopic (exact) mass is 1830 g/mol. The summed E-state index contributed by atoms with van der Waals surface area (Å²) >= 11 is 6.17. The molecule has 0 unspecified atom stereocenters. The molecule has 3 rings (SSSR count). The van der Waals surface area contributed by atoms with E-state index in [2.05, 4.69) is 43.8 Å². The number of alkyl halides is 3. The fraction of sp³-hybridized carbons (Fsp3) is 0.656. The van der Waals surface area contributed by atoms with Crippen LogP contribution in [-0.4, -0.2) is 288 Å². The summed E-state index contributed by atoms with van der Waals surface area (Å²) in [5, 5.41) is 29.9. The molecule has 10 N–H and O–H groups in total. The Morgan fingerprint density at radius 1 is 0.570 bits per heavy atom. The number of carbonyl (C=O) groups is 15. The number of nitrogens with two attached hydrogens (primary N) is 1. The third kappa shape index (κ3) is 33.9. The number of anilines is 3. The van der Waals surface area contributed by atoms with Crippen LogP contribution in [-0.2, 0) is 71.9 Å². The van der Waals surface area contributed by atoms with E-state index >= 15 is 0 Å². The van der Waals surface area contributed by atoms with Crippen LogP contribution in [0, 0.1) is 41.4 Å². The number of likely N-dealkylation sites (N-methyl/N-ethyl adjacent to an activating group) is 7. The predicted molar refractivity (Wildman–Crippen MR) is 484 cm³/mol. The Hall–Kier alpha value is -10.4. The van der Waals surface area contributed by atoms with E-state index in [0.717, 1.165) is 11.0 Å². The number of ether oxygens (including phenoxy) is 1. The standard InChI is InChI=1S/C90H143ClF3N17O17/c1-26-30-65(81(119)100-62-46-60(91)45-61(47-62)99-72(113)28-3)79(90(92,93)94)111(95)63-33-35-64(36-34-63)128-50-76(117)110-39-37-109(38-40-110)74(115)32-29-31-57(16)71(112)48-73(114)101-66(27-2)86(124)103(20)49-75(116)104(21)67(41-51(4)5)83(121)102-77(55(12)13)89(127)105(22)68(42-52(6)7)82(120)97-58(17)80(118)98-59(18)85(123)106(23)69(43-53(8)9)87(125)107(24)70(44-54(10)11)88(126)108(25)78(56(14)15)84(122)96-19/h28,33-36,45-47,51-59,66-71,77-78,112H,3,26-27,29-32,37-44,48-50,95H2,1-2,4-25H3,(H,96,122)(H,97,120)(H,98,118)(H,99,113)(H,100,119)(H,101,114)(H,102,121)/b79-65+/t57-,58+,59-,66+,67+,68+,69+,70+,71+,77+,78+/m1/s1. The highest BCUT2D eigenvalue weighted by atomic mass is 35.5. The zero-order valence-electron chi connectivity index (χ0n) is 79.3. The van der Waals surface area contributed by atoms with Crippen molar-refractivity contribution in [3.05, 3.63) is 71.4 Å². The molecule has 0 saturated carbocycles. The van der Waals surface area contributed by atoms with E-state index in [4.69, 9.17) is 22.2 Å². The minimum Gasteiger partial charge on any atom is -0.484 e. The molecule has 128 heavy (non-hydrogen) atoms. The van der Waals surface area contributed by atoms with E-state index in [1.165, 1.54) is 135 Å². The number of carbonyl (C=O) groups excluding carboxylic acids is 15. The number of piperazine rings is 1. The second kappa shape index (κ2) is 52.3. The summed E-state index contributed by atoms with van der Waals surface area (Å²) < 4.78 is 50.3. The molecule has 0 bridgehead atoms. The maximum atomic E-state index is 14.9. The van der Waals surface area contributed by atoms with Gasteiger partial charge in [-0.2, -0.15) is 13.2 Å². The SMILES string of the molecule is C=CC(=O)Nc1cc(Cl)cc(NC(=O)/C(CCC)=C(/N(N)c2ccc(OCC(=O)N3CCN(C(=O)CCC[C@@H](C)[C@@H](O)CC(=O)N[C@@H](CC)C(=O)N(C)CC(=O)N(C)[C@@H](CC(C)C)C(=O)N[C@H](C(=O)N(C)[C@@H](CC(C)C)C(=O)N[C@@H](C)C(=O)N[C@H](C)C(=O)N(C)[C@@H](CC(C)C)C(=O)N(C)[C@@H](CC(C)C)C(=O)N(C)[C@H](C(=O)NC)C(C)C)C(C)C)CC3)cc2)C(F)(F)F)c1. The van der Waals surface area contributed by atoms with Gasteiger partial charge in [-0.15, -0.1) is 0 Å². The van der Waals surface area contributed by atoms with Crippen LogP contribution in [0.4, 0.5) is 30.2 Å². The molecule has 2 aromatic rings. The lowest BCUT2D eigenvalue weighted by Gasteiger charge is -2.39. The van der Waals surface area contributed by atoms with Crippen LogP contribution in [0.2, 0.25) is 5.02 Å². The lowest BCUT2D eigenvalue weighted by atomic mass is 9.95. The lowest BCUT2D eigenvalue weighted by molar-refractivity contribution is -0.153. The molecule has 1 aliphatic heterocycles. The average Bonchev–Trinajstić information content (AvgIpc) is 0.789. The Labute approximate surface area is 758 Å². The molecule has 1 aliphatic rings. The molecular weight excluding hydrogens is 1680 g/mol. The number of nitrogens with zero attached hydrogens (tertiary/aromatic N) is 9. The highest BCUT2D eigenvalue weighted by molar-refractivity contribution is 6.31. The van der Waals surface area contributed by atoms with E-state index in [1.807, 2.05) is 69.2 Å². The molecular formula is C90H143ClF3N17O17. The molecule has 0 spiro atoms. The molecule has 1 fully saturated rings. The topological polar surface area (TPSA) is 425 Å². The lowest BCUT2D eigenvalue weighted by Crippen LogP contribution is -2.61. The summed E-state index contributed by atoms with van der Waals surface area (Å²) in [6.45, 7) is 32.9. The molecule has 15 amide bonds. The summed E-state index contributed by atoms with van der Waals surface area (Å²) in [6.07, 6.45) is -4.33. The van der Waals surface area contributed by atoms with Crippen molar-refractivity contribution < 1.29 is 94.9 Å². The van der Waals surface area contributed by atoms with Gasteiger partial charge in [0.25, 0.3) is 11.8 Å². The molecule has 2 aromatic carbocycles. The summed E-state index contributed by atoms with van der Waals surface area (Å²) in [6, 6.07) is -1.10. The Bertz CT molecular complexity index is 4180. The van der Waals surface area contributed by atoms with Crippen molar-refractivity contribution in [2.75, 3.05) is 104 Å². The van der Waals surface area contributed by atoms with Crippen molar-refractivity contribution in [1.29, 1.82) is 0 Å². The van der Waals surface area contributed by atoms with Crippen molar-refractivity contribution in [2.45, 2.75) is 255 Å². The van der Waals surface area contributed by atoms with Crippen LogP contribution in [0.5, 0.6) is 5.75 Å². The van der Waals surface area contributed by atoms with Crippen LogP contribution < -0.4 is 52.8 Å². The second-order valence-electron chi connectivity index (χ2n) is 35.6. The molecule has 11 atom stereocenters. The van der Waals surface area contributed by atoms with Crippen molar-refractivity contribution in [2.24, 2.45) is 47.3 Å². The summed E-state index contributed by atoms with van der Waals surface area (Å²) in [5.74, 6) is -4.65. The van der Waals surface area contributed by atoms with Gasteiger partial charge in [0.05, 0.1) is 24.8 Å². The molecule has 0 radical (unpaired) electrons. The van der Waals surface area contributed by atoms with Crippen LogP contribution in [0.15, 0.2) is 66.4 Å². The van der Waals surface area contributed by atoms with Crippen molar-refractivity contribution >= 4 is 117 Å². The number of hydrazine groups is 1. The molecule has 0 aliphatic carbocycles. The largest absolute Gasteiger partial charge is 0.484 e. The number of halogens is 4. The maximum absolute atomic E-state index is 14.9.